The zero-order valence-corrected chi connectivity index (χ0v) is 18.0. The van der Waals surface area contributed by atoms with Crippen LogP contribution >= 0.6 is 0 Å². The number of aryl methyl sites for hydroxylation is 1. The molecule has 1 N–H and O–H groups in total. The summed E-state index contributed by atoms with van der Waals surface area (Å²) in [5, 5.41) is 9.36. The molecule has 0 unspecified atom stereocenters. The summed E-state index contributed by atoms with van der Waals surface area (Å²) in [4.78, 5) is 13.0. The Labute approximate surface area is 176 Å². The van der Waals surface area contributed by atoms with Gasteiger partial charge in [-0.15, -0.1) is 0 Å². The van der Waals surface area contributed by atoms with Gasteiger partial charge in [-0.1, -0.05) is 30.3 Å². The molecule has 158 valence electrons. The minimum absolute atomic E-state index is 0.0308. The van der Waals surface area contributed by atoms with Gasteiger partial charge in [-0.25, -0.2) is 12.7 Å². The number of sulfonamides is 1. The fourth-order valence-electron chi connectivity index (χ4n) is 4.03. The van der Waals surface area contributed by atoms with Gasteiger partial charge in [0.25, 0.3) is 5.91 Å². The largest absolute Gasteiger partial charge is 0.349 e. The number of rotatable bonds is 5. The third-order valence-electron chi connectivity index (χ3n) is 5.69. The van der Waals surface area contributed by atoms with Crippen LogP contribution in [-0.4, -0.2) is 53.8 Å². The second-order valence-corrected chi connectivity index (χ2v) is 9.68. The van der Waals surface area contributed by atoms with Crippen LogP contribution in [0.4, 0.5) is 0 Å². The zero-order valence-electron chi connectivity index (χ0n) is 17.2. The molecule has 0 atom stereocenters. The van der Waals surface area contributed by atoms with Crippen molar-refractivity contribution in [3.05, 3.63) is 54.4 Å². The van der Waals surface area contributed by atoms with E-state index in [1.54, 1.807) is 0 Å². The summed E-state index contributed by atoms with van der Waals surface area (Å²) < 4.78 is 26.7. The molecule has 1 saturated heterocycles. The zero-order chi connectivity index (χ0) is 21.3. The Morgan fingerprint density at radius 2 is 1.83 bits per heavy atom. The van der Waals surface area contributed by atoms with Crippen molar-refractivity contribution in [3.63, 3.8) is 0 Å². The number of hydrogen-bond donors (Lipinski definition) is 1. The van der Waals surface area contributed by atoms with E-state index in [1.807, 2.05) is 60.4 Å². The van der Waals surface area contributed by atoms with Crippen molar-refractivity contribution in [3.8, 4) is 11.1 Å². The summed E-state index contributed by atoms with van der Waals surface area (Å²) in [5.41, 5.74) is 2.69. The van der Waals surface area contributed by atoms with Gasteiger partial charge in [0.05, 0.1) is 12.5 Å². The Hall–Kier alpha value is -2.71. The lowest BCUT2D eigenvalue weighted by atomic mass is 9.96. The maximum Gasteiger partial charge on any atom is 0.252 e. The molecule has 8 heteroatoms. The molecule has 3 aromatic rings. The maximum atomic E-state index is 13.0. The molecular weight excluding hydrogens is 400 g/mol. The highest BCUT2D eigenvalue weighted by molar-refractivity contribution is 7.88. The number of nitrogens with one attached hydrogen (secondary N) is 1. The third-order valence-corrected chi connectivity index (χ3v) is 7.00. The highest BCUT2D eigenvalue weighted by Gasteiger charge is 2.26. The van der Waals surface area contributed by atoms with E-state index in [1.165, 1.54) is 10.6 Å². The van der Waals surface area contributed by atoms with Gasteiger partial charge < -0.3 is 5.32 Å². The summed E-state index contributed by atoms with van der Waals surface area (Å²) in [6, 6.07) is 11.7. The van der Waals surface area contributed by atoms with Crippen LogP contribution in [0.2, 0.25) is 0 Å². The fraction of sp³-hybridized carbons (Fsp3) is 0.364. The first kappa shape index (κ1) is 20.6. The number of fused-ring (bicyclic) bond motifs is 1. The second-order valence-electron chi connectivity index (χ2n) is 7.70. The Morgan fingerprint density at radius 3 is 2.50 bits per heavy atom. The Morgan fingerprint density at radius 1 is 1.13 bits per heavy atom. The van der Waals surface area contributed by atoms with Crippen molar-refractivity contribution in [1.82, 2.24) is 19.4 Å². The van der Waals surface area contributed by atoms with Gasteiger partial charge in [-0.2, -0.15) is 5.10 Å². The Bertz CT molecular complexity index is 1180. The normalized spacial score (nSPS) is 16.1. The van der Waals surface area contributed by atoms with Gasteiger partial charge in [-0.05, 0) is 42.2 Å². The van der Waals surface area contributed by atoms with E-state index >= 15 is 0 Å². The highest BCUT2D eigenvalue weighted by Crippen LogP contribution is 2.30. The molecular formula is C22H26N4O3S. The molecule has 0 aliphatic carbocycles. The average Bonchev–Trinajstić information content (AvgIpc) is 3.21. The monoisotopic (exact) mass is 426 g/mol. The predicted molar refractivity (Wildman–Crippen MR) is 118 cm³/mol. The number of piperidine rings is 1. The van der Waals surface area contributed by atoms with Crippen molar-refractivity contribution in [2.45, 2.75) is 32.4 Å². The molecule has 1 amide bonds. The van der Waals surface area contributed by atoms with E-state index in [2.05, 4.69) is 10.4 Å². The summed E-state index contributed by atoms with van der Waals surface area (Å²) in [7, 11) is -3.18. The number of benzene rings is 2. The summed E-state index contributed by atoms with van der Waals surface area (Å²) >= 11 is 0. The number of carbonyl (C=O) groups is 1. The molecule has 0 radical (unpaired) electrons. The summed E-state index contributed by atoms with van der Waals surface area (Å²) in [5.74, 6) is -0.125. The molecule has 7 nitrogen and oxygen atoms in total. The molecule has 1 aromatic heterocycles. The van der Waals surface area contributed by atoms with Crippen molar-refractivity contribution < 1.29 is 13.2 Å². The van der Waals surface area contributed by atoms with Gasteiger partial charge >= 0.3 is 0 Å². The van der Waals surface area contributed by atoms with Gasteiger partial charge in [0.1, 0.15) is 0 Å². The van der Waals surface area contributed by atoms with Crippen molar-refractivity contribution in [1.29, 1.82) is 0 Å². The van der Waals surface area contributed by atoms with Gasteiger partial charge in [0, 0.05) is 43.0 Å². The van der Waals surface area contributed by atoms with Crippen LogP contribution in [-0.2, 0) is 16.6 Å². The van der Waals surface area contributed by atoms with E-state index in [4.69, 9.17) is 0 Å². The number of aromatic nitrogens is 2. The second kappa shape index (κ2) is 8.20. The van der Waals surface area contributed by atoms with Crippen LogP contribution in [0.25, 0.3) is 21.9 Å². The molecule has 2 aromatic carbocycles. The molecule has 0 saturated carbocycles. The van der Waals surface area contributed by atoms with Crippen LogP contribution in [0, 0.1) is 0 Å². The van der Waals surface area contributed by atoms with E-state index in [-0.39, 0.29) is 11.9 Å². The van der Waals surface area contributed by atoms with Gasteiger partial charge in [0.15, 0.2) is 0 Å². The van der Waals surface area contributed by atoms with Crippen molar-refractivity contribution in [2.75, 3.05) is 19.3 Å². The van der Waals surface area contributed by atoms with E-state index in [0.717, 1.165) is 28.4 Å². The van der Waals surface area contributed by atoms with Crippen LogP contribution < -0.4 is 5.32 Å². The van der Waals surface area contributed by atoms with Crippen LogP contribution in [0.5, 0.6) is 0 Å². The summed E-state index contributed by atoms with van der Waals surface area (Å²) in [6.07, 6.45) is 6.32. The SMILES string of the molecule is CCn1cc(-c2cccc3c(C(=O)NC4CCN(S(C)(=O)=O)CC4)cccc23)cn1. The topological polar surface area (TPSA) is 84.3 Å². The first-order valence-electron chi connectivity index (χ1n) is 10.2. The predicted octanol–water partition coefficient (Wildman–Crippen LogP) is 2.88. The lowest BCUT2D eigenvalue weighted by Gasteiger charge is -2.30. The molecule has 1 aliphatic rings. The number of hydrogen-bond acceptors (Lipinski definition) is 4. The number of carbonyl (C=O) groups excluding carboxylic acids is 1. The highest BCUT2D eigenvalue weighted by atomic mass is 32.2. The van der Waals surface area contributed by atoms with Crippen molar-refractivity contribution >= 4 is 26.7 Å². The van der Waals surface area contributed by atoms with Gasteiger partial charge in [0.2, 0.25) is 10.0 Å². The first-order valence-corrected chi connectivity index (χ1v) is 12.0. The number of amides is 1. The minimum atomic E-state index is -3.18. The quantitative estimate of drug-likeness (QED) is 0.680. The smallest absolute Gasteiger partial charge is 0.252 e. The molecule has 1 aliphatic heterocycles. The van der Waals surface area contributed by atoms with E-state index in [9.17, 15) is 13.2 Å². The summed E-state index contributed by atoms with van der Waals surface area (Å²) in [6.45, 7) is 3.72. The molecule has 30 heavy (non-hydrogen) atoms. The minimum Gasteiger partial charge on any atom is -0.349 e. The lowest BCUT2D eigenvalue weighted by molar-refractivity contribution is 0.0925. The fourth-order valence-corrected chi connectivity index (χ4v) is 4.90. The maximum absolute atomic E-state index is 13.0. The standard InChI is InChI=1S/C22H26N4O3S/c1-3-25-15-16(14-23-25)18-6-4-8-20-19(18)7-5-9-21(20)22(27)24-17-10-12-26(13-11-17)30(2,28)29/h4-9,14-15,17H,3,10-13H2,1-2H3,(H,24,27). The lowest BCUT2D eigenvalue weighted by Crippen LogP contribution is -2.46. The van der Waals surface area contributed by atoms with Crippen LogP contribution in [0.1, 0.15) is 30.1 Å². The third kappa shape index (κ3) is 4.11. The molecule has 1 fully saturated rings. The molecule has 4 rings (SSSR count). The Balaban J connectivity index is 1.57. The Kier molecular flexibility index (Phi) is 5.62. The van der Waals surface area contributed by atoms with Gasteiger partial charge in [-0.3, -0.25) is 9.48 Å². The van der Waals surface area contributed by atoms with Crippen LogP contribution in [0.15, 0.2) is 48.8 Å². The molecule has 2 heterocycles. The molecule has 0 bridgehead atoms. The van der Waals surface area contributed by atoms with Crippen LogP contribution in [0.3, 0.4) is 0 Å². The number of nitrogens with zero attached hydrogens (tertiary/aromatic N) is 3. The first-order chi connectivity index (χ1) is 14.4. The van der Waals surface area contributed by atoms with E-state index in [0.29, 0.717) is 31.5 Å². The van der Waals surface area contributed by atoms with Crippen molar-refractivity contribution in [2.24, 2.45) is 0 Å². The van der Waals surface area contributed by atoms with E-state index < -0.39 is 10.0 Å². The average molecular weight is 427 g/mol. The molecule has 0 spiro atoms.